The number of ether oxygens (including phenoxy) is 1. The van der Waals surface area contributed by atoms with E-state index in [2.05, 4.69) is 63.9 Å². The summed E-state index contributed by atoms with van der Waals surface area (Å²) in [5.74, 6) is 1.15. The molecule has 2 aromatic carbocycles. The third-order valence-electron chi connectivity index (χ3n) is 6.61. The highest BCUT2D eigenvalue weighted by Gasteiger charge is 2.38. The van der Waals surface area contributed by atoms with Gasteiger partial charge in [-0.3, -0.25) is 5.10 Å². The van der Waals surface area contributed by atoms with Crippen LogP contribution < -0.4 is 4.74 Å². The first-order valence-corrected chi connectivity index (χ1v) is 10.4. The van der Waals surface area contributed by atoms with Crippen molar-refractivity contribution in [1.82, 2.24) is 10.2 Å². The van der Waals surface area contributed by atoms with Crippen molar-refractivity contribution in [3.63, 3.8) is 0 Å². The molecule has 0 spiro atoms. The Morgan fingerprint density at radius 1 is 1.10 bits per heavy atom. The molecule has 1 unspecified atom stereocenters. The summed E-state index contributed by atoms with van der Waals surface area (Å²) in [6, 6.07) is 18.8. The van der Waals surface area contributed by atoms with Gasteiger partial charge in [0.2, 0.25) is 0 Å². The minimum absolute atomic E-state index is 0.304. The average Bonchev–Trinajstić information content (AvgIpc) is 3.19. The monoisotopic (exact) mass is 399 g/mol. The van der Waals surface area contributed by atoms with Gasteiger partial charge in [0.25, 0.3) is 0 Å². The lowest BCUT2D eigenvalue weighted by molar-refractivity contribution is 0.305. The van der Waals surface area contributed by atoms with Crippen LogP contribution in [-0.4, -0.2) is 28.2 Å². The maximum atomic E-state index is 9.64. The second kappa shape index (κ2) is 7.48. The molecule has 1 saturated carbocycles. The van der Waals surface area contributed by atoms with Gasteiger partial charge in [0.05, 0.1) is 7.11 Å². The number of hydrogen-bond acceptors (Lipinski definition) is 4. The molecule has 0 aliphatic heterocycles. The molecular weight excluding hydrogens is 374 g/mol. The molecule has 2 N–H and O–H groups in total. The van der Waals surface area contributed by atoms with E-state index in [0.717, 1.165) is 42.0 Å². The number of nitrogens with zero attached hydrogens (tertiary/aromatic N) is 2. The Morgan fingerprint density at radius 3 is 2.47 bits per heavy atom. The average molecular weight is 399 g/mol. The number of benzene rings is 2. The van der Waals surface area contributed by atoms with Crippen LogP contribution in [0, 0.1) is 5.92 Å². The van der Waals surface area contributed by atoms with Gasteiger partial charge in [-0.2, -0.15) is 5.10 Å². The lowest BCUT2D eigenvalue weighted by Gasteiger charge is -2.34. The van der Waals surface area contributed by atoms with Gasteiger partial charge in [-0.05, 0) is 36.1 Å². The van der Waals surface area contributed by atoms with Crippen molar-refractivity contribution in [3.8, 4) is 5.75 Å². The summed E-state index contributed by atoms with van der Waals surface area (Å²) in [6.07, 6.45) is 8.46. The fourth-order valence-corrected chi connectivity index (χ4v) is 4.65. The van der Waals surface area contributed by atoms with Crippen LogP contribution >= 0.6 is 0 Å². The van der Waals surface area contributed by atoms with Gasteiger partial charge in [-0.15, -0.1) is 0 Å². The number of aromatic amines is 1. The molecule has 0 saturated heterocycles. The Kier molecular flexibility index (Phi) is 4.66. The molecule has 0 amide bonds. The first kappa shape index (κ1) is 18.7. The fraction of sp³-hybridized carbons (Fsp3) is 0.280. The van der Waals surface area contributed by atoms with Crippen LogP contribution in [0.1, 0.15) is 47.3 Å². The Labute approximate surface area is 176 Å². The number of hydrogen-bond donors (Lipinski definition) is 2. The number of fused-ring (bicyclic) bond motifs is 1. The van der Waals surface area contributed by atoms with E-state index in [0.29, 0.717) is 11.6 Å². The number of nitrogens with one attached hydrogen (secondary N) is 1. The number of oxime groups is 1. The van der Waals surface area contributed by atoms with Crippen molar-refractivity contribution in [2.45, 2.75) is 31.1 Å². The highest BCUT2D eigenvalue weighted by atomic mass is 16.5. The molecule has 1 heterocycles. The van der Waals surface area contributed by atoms with Gasteiger partial charge in [-0.25, -0.2) is 0 Å². The van der Waals surface area contributed by atoms with Crippen LogP contribution in [0.4, 0.5) is 0 Å². The standard InChI is InChI=1S/C25H25N3O2/c1-30-20-12-10-19(11-13-20)25(18-8-3-2-4-9-18)15-14-21-22(16-25)26-27-24(21)23(28-29)17-6-5-7-17/h2-4,8-15,17,29H,5-7,16H2,1H3,(H,26,27). The minimum Gasteiger partial charge on any atom is -0.497 e. The van der Waals surface area contributed by atoms with Crippen LogP contribution in [0.25, 0.3) is 6.08 Å². The summed E-state index contributed by atoms with van der Waals surface area (Å²) in [7, 11) is 1.68. The molecule has 5 heteroatoms. The van der Waals surface area contributed by atoms with Gasteiger partial charge >= 0.3 is 0 Å². The Bertz CT molecular complexity index is 1100. The molecule has 0 radical (unpaired) electrons. The van der Waals surface area contributed by atoms with Crippen molar-refractivity contribution >= 4 is 11.8 Å². The number of allylic oxidation sites excluding steroid dienone is 1. The molecule has 5 rings (SSSR count). The van der Waals surface area contributed by atoms with Crippen LogP contribution in [0.15, 0.2) is 65.8 Å². The van der Waals surface area contributed by atoms with Crippen molar-refractivity contribution in [3.05, 3.63) is 88.8 Å². The molecule has 2 aliphatic carbocycles. The van der Waals surface area contributed by atoms with E-state index in [-0.39, 0.29) is 5.41 Å². The summed E-state index contributed by atoms with van der Waals surface area (Å²) in [6.45, 7) is 0. The molecule has 1 aromatic heterocycles. The van der Waals surface area contributed by atoms with Gasteiger partial charge in [0.15, 0.2) is 0 Å². The van der Waals surface area contributed by atoms with Crippen LogP contribution in [0.2, 0.25) is 0 Å². The number of H-pyrrole nitrogens is 1. The van der Waals surface area contributed by atoms with E-state index < -0.39 is 0 Å². The first-order chi connectivity index (χ1) is 14.7. The molecular formula is C25H25N3O2. The Hall–Kier alpha value is -3.34. The summed E-state index contributed by atoms with van der Waals surface area (Å²) < 4.78 is 5.36. The van der Waals surface area contributed by atoms with Gasteiger partial charge in [-0.1, -0.05) is 66.2 Å². The minimum atomic E-state index is -0.308. The predicted molar refractivity (Wildman–Crippen MR) is 117 cm³/mol. The predicted octanol–water partition coefficient (Wildman–Crippen LogP) is 4.95. The molecule has 152 valence electrons. The van der Waals surface area contributed by atoms with Crippen LogP contribution in [0.5, 0.6) is 5.75 Å². The molecule has 2 aliphatic rings. The van der Waals surface area contributed by atoms with E-state index >= 15 is 0 Å². The molecule has 0 bridgehead atoms. The van der Waals surface area contributed by atoms with Crippen molar-refractivity contribution in [2.24, 2.45) is 11.1 Å². The smallest absolute Gasteiger partial charge is 0.118 e. The van der Waals surface area contributed by atoms with Gasteiger partial charge in [0.1, 0.15) is 17.2 Å². The van der Waals surface area contributed by atoms with Crippen molar-refractivity contribution in [2.75, 3.05) is 7.11 Å². The molecule has 3 aromatic rings. The van der Waals surface area contributed by atoms with Crippen LogP contribution in [-0.2, 0) is 11.8 Å². The number of rotatable bonds is 5. The quantitative estimate of drug-likeness (QED) is 0.362. The lowest BCUT2D eigenvalue weighted by atomic mass is 9.68. The highest BCUT2D eigenvalue weighted by molar-refractivity contribution is 6.04. The zero-order chi connectivity index (χ0) is 20.6. The largest absolute Gasteiger partial charge is 0.497 e. The van der Waals surface area contributed by atoms with E-state index in [9.17, 15) is 5.21 Å². The summed E-state index contributed by atoms with van der Waals surface area (Å²) in [5.41, 5.74) is 5.70. The summed E-state index contributed by atoms with van der Waals surface area (Å²) in [4.78, 5) is 0. The molecule has 1 fully saturated rings. The van der Waals surface area contributed by atoms with Crippen molar-refractivity contribution in [1.29, 1.82) is 0 Å². The summed E-state index contributed by atoms with van der Waals surface area (Å²) in [5, 5.41) is 21.1. The first-order valence-electron chi connectivity index (χ1n) is 10.4. The third kappa shape index (κ3) is 2.93. The van der Waals surface area contributed by atoms with Gasteiger partial charge < -0.3 is 9.94 Å². The Balaban J connectivity index is 1.60. The van der Waals surface area contributed by atoms with Crippen molar-refractivity contribution < 1.29 is 9.94 Å². The second-order valence-electron chi connectivity index (χ2n) is 8.15. The second-order valence-corrected chi connectivity index (χ2v) is 8.15. The molecule has 1 atom stereocenters. The zero-order valence-electron chi connectivity index (χ0n) is 17.0. The molecule has 30 heavy (non-hydrogen) atoms. The van der Waals surface area contributed by atoms with E-state index in [1.54, 1.807) is 7.11 Å². The van der Waals surface area contributed by atoms with E-state index in [1.807, 2.05) is 18.2 Å². The lowest BCUT2D eigenvalue weighted by Crippen LogP contribution is -2.31. The highest BCUT2D eigenvalue weighted by Crippen LogP contribution is 2.43. The third-order valence-corrected chi connectivity index (χ3v) is 6.61. The van der Waals surface area contributed by atoms with E-state index in [1.165, 1.54) is 17.5 Å². The normalized spacial score (nSPS) is 21.2. The molecule has 5 nitrogen and oxygen atoms in total. The maximum absolute atomic E-state index is 9.64. The number of aromatic nitrogens is 2. The topological polar surface area (TPSA) is 70.5 Å². The fourth-order valence-electron chi connectivity index (χ4n) is 4.65. The van der Waals surface area contributed by atoms with Gasteiger partial charge in [0, 0.05) is 29.0 Å². The van der Waals surface area contributed by atoms with E-state index in [4.69, 9.17) is 4.74 Å². The van der Waals surface area contributed by atoms with Crippen LogP contribution in [0.3, 0.4) is 0 Å². The maximum Gasteiger partial charge on any atom is 0.118 e. The Morgan fingerprint density at radius 2 is 1.83 bits per heavy atom. The number of methoxy groups -OCH3 is 1. The zero-order valence-corrected chi connectivity index (χ0v) is 17.0. The summed E-state index contributed by atoms with van der Waals surface area (Å²) >= 11 is 0. The SMILES string of the molecule is COc1ccc(C2(c3ccccc3)C=Cc3c(C(=NO)C4CCC4)n[nH]c3C2)cc1.